The second kappa shape index (κ2) is 7.97. The maximum Gasteiger partial charge on any atom is 0.191 e. The number of aliphatic imine (C=N–C) groups is 1. The van der Waals surface area contributed by atoms with Crippen LogP contribution in [0, 0.1) is 6.92 Å². The largest absolute Gasteiger partial charge is 0.357 e. The lowest BCUT2D eigenvalue weighted by atomic mass is 10.3. The number of aromatic nitrogens is 2. The van der Waals surface area contributed by atoms with Gasteiger partial charge < -0.3 is 15.0 Å². The average Bonchev–Trinajstić information content (AvgIpc) is 3.22. The number of hydrogen-bond acceptors (Lipinski definition) is 3. The van der Waals surface area contributed by atoms with Gasteiger partial charge in [0.05, 0.1) is 12.2 Å². The summed E-state index contributed by atoms with van der Waals surface area (Å²) in [6, 6.07) is 10.4. The highest BCUT2D eigenvalue weighted by atomic mass is 32.1. The van der Waals surface area contributed by atoms with Crippen LogP contribution >= 0.6 is 11.3 Å². The summed E-state index contributed by atoms with van der Waals surface area (Å²) in [7, 11) is 0. The quantitative estimate of drug-likeness (QED) is 0.535. The zero-order valence-electron chi connectivity index (χ0n) is 14.1. The Morgan fingerprint density at radius 1 is 1.25 bits per heavy atom. The van der Waals surface area contributed by atoms with Crippen molar-refractivity contribution in [2.75, 3.05) is 13.1 Å². The average molecular weight is 341 g/mol. The van der Waals surface area contributed by atoms with E-state index in [0.29, 0.717) is 6.54 Å². The van der Waals surface area contributed by atoms with Gasteiger partial charge in [0, 0.05) is 29.9 Å². The fourth-order valence-corrected chi connectivity index (χ4v) is 3.24. The Labute approximate surface area is 146 Å². The summed E-state index contributed by atoms with van der Waals surface area (Å²) in [4.78, 5) is 10.7. The van der Waals surface area contributed by atoms with Crippen LogP contribution in [0.1, 0.15) is 23.2 Å². The summed E-state index contributed by atoms with van der Waals surface area (Å²) in [6.45, 7) is 6.43. The molecule has 126 valence electrons. The van der Waals surface area contributed by atoms with Crippen LogP contribution in [0.2, 0.25) is 0 Å². The Hall–Kier alpha value is -2.34. The van der Waals surface area contributed by atoms with Crippen molar-refractivity contribution < 1.29 is 0 Å². The molecular formula is C18H23N5S. The molecule has 0 aromatic carbocycles. The lowest BCUT2D eigenvalue weighted by Gasteiger charge is -2.10. The van der Waals surface area contributed by atoms with Crippen LogP contribution in [-0.4, -0.2) is 28.4 Å². The first-order chi connectivity index (χ1) is 11.8. The third kappa shape index (κ3) is 4.14. The van der Waals surface area contributed by atoms with Crippen LogP contribution in [0.25, 0.3) is 5.65 Å². The van der Waals surface area contributed by atoms with Gasteiger partial charge in [-0.05, 0) is 43.8 Å². The fraction of sp³-hybridized carbons (Fsp3) is 0.333. The molecule has 3 heterocycles. The van der Waals surface area contributed by atoms with E-state index in [1.807, 2.05) is 12.1 Å². The number of rotatable bonds is 6. The van der Waals surface area contributed by atoms with Gasteiger partial charge in [0.2, 0.25) is 0 Å². The number of pyridine rings is 1. The Morgan fingerprint density at radius 2 is 2.17 bits per heavy atom. The van der Waals surface area contributed by atoms with E-state index in [4.69, 9.17) is 0 Å². The van der Waals surface area contributed by atoms with Crippen LogP contribution in [-0.2, 0) is 13.0 Å². The molecular weight excluding hydrogens is 318 g/mol. The zero-order valence-corrected chi connectivity index (χ0v) is 14.9. The molecule has 5 nitrogen and oxygen atoms in total. The standard InChI is InChI=1S/C18H23N5S/c1-3-19-18(20-10-9-16-7-5-11-24-16)21-12-15-13-23-14(2)6-4-8-17(23)22-15/h4-8,11,13H,3,9-10,12H2,1-2H3,(H2,19,20,21). The predicted molar refractivity (Wildman–Crippen MR) is 101 cm³/mol. The minimum atomic E-state index is 0.565. The van der Waals surface area contributed by atoms with Crippen molar-refractivity contribution >= 4 is 22.9 Å². The monoisotopic (exact) mass is 341 g/mol. The molecule has 0 fully saturated rings. The van der Waals surface area contributed by atoms with Crippen molar-refractivity contribution in [3.05, 3.63) is 58.2 Å². The van der Waals surface area contributed by atoms with Gasteiger partial charge in [0.25, 0.3) is 0 Å². The second-order valence-corrected chi connectivity index (χ2v) is 6.61. The van der Waals surface area contributed by atoms with Crippen LogP contribution in [0.15, 0.2) is 46.9 Å². The molecule has 0 aliphatic rings. The number of hydrogen-bond donors (Lipinski definition) is 2. The van der Waals surface area contributed by atoms with E-state index >= 15 is 0 Å². The molecule has 2 N–H and O–H groups in total. The lowest BCUT2D eigenvalue weighted by Crippen LogP contribution is -2.38. The molecule has 3 rings (SSSR count). The zero-order chi connectivity index (χ0) is 16.8. The summed E-state index contributed by atoms with van der Waals surface area (Å²) in [5, 5.41) is 8.78. The van der Waals surface area contributed by atoms with Crippen molar-refractivity contribution in [2.45, 2.75) is 26.8 Å². The molecule has 0 atom stereocenters. The second-order valence-electron chi connectivity index (χ2n) is 5.58. The number of nitrogens with zero attached hydrogens (tertiary/aromatic N) is 3. The highest BCUT2D eigenvalue weighted by molar-refractivity contribution is 7.09. The van der Waals surface area contributed by atoms with E-state index < -0.39 is 0 Å². The van der Waals surface area contributed by atoms with Crippen LogP contribution in [0.5, 0.6) is 0 Å². The predicted octanol–water partition coefficient (Wildman–Crippen LogP) is 3.00. The minimum Gasteiger partial charge on any atom is -0.357 e. The normalized spacial score (nSPS) is 11.8. The van der Waals surface area contributed by atoms with Crippen molar-refractivity contribution in [1.29, 1.82) is 0 Å². The fourth-order valence-electron chi connectivity index (χ4n) is 2.54. The maximum atomic E-state index is 4.65. The minimum absolute atomic E-state index is 0.565. The third-order valence-corrected chi connectivity index (χ3v) is 4.67. The molecule has 0 aliphatic carbocycles. The first-order valence-corrected chi connectivity index (χ1v) is 9.12. The molecule has 0 unspecified atom stereocenters. The number of nitrogens with one attached hydrogen (secondary N) is 2. The Morgan fingerprint density at radius 3 is 2.92 bits per heavy atom. The molecule has 0 amide bonds. The van der Waals surface area contributed by atoms with Crippen molar-refractivity contribution in [2.24, 2.45) is 4.99 Å². The van der Waals surface area contributed by atoms with Gasteiger partial charge in [-0.25, -0.2) is 9.98 Å². The Kier molecular flexibility index (Phi) is 5.48. The number of imidazole rings is 1. The molecule has 3 aromatic rings. The van der Waals surface area contributed by atoms with Gasteiger partial charge in [0.15, 0.2) is 5.96 Å². The summed E-state index contributed by atoms with van der Waals surface area (Å²) in [5.41, 5.74) is 3.12. The van der Waals surface area contributed by atoms with E-state index in [-0.39, 0.29) is 0 Å². The van der Waals surface area contributed by atoms with Crippen LogP contribution in [0.4, 0.5) is 0 Å². The molecule has 0 spiro atoms. The first kappa shape index (κ1) is 16.5. The molecule has 0 saturated carbocycles. The number of aryl methyl sites for hydroxylation is 1. The van der Waals surface area contributed by atoms with E-state index in [1.165, 1.54) is 10.6 Å². The number of thiophene rings is 1. The molecule has 0 bridgehead atoms. The van der Waals surface area contributed by atoms with Gasteiger partial charge >= 0.3 is 0 Å². The van der Waals surface area contributed by atoms with Crippen LogP contribution < -0.4 is 10.6 Å². The van der Waals surface area contributed by atoms with E-state index in [9.17, 15) is 0 Å². The van der Waals surface area contributed by atoms with Crippen molar-refractivity contribution in [3.8, 4) is 0 Å². The summed E-state index contributed by atoms with van der Waals surface area (Å²) >= 11 is 1.79. The maximum absolute atomic E-state index is 4.65. The van der Waals surface area contributed by atoms with Gasteiger partial charge in [0.1, 0.15) is 5.65 Å². The molecule has 24 heavy (non-hydrogen) atoms. The van der Waals surface area contributed by atoms with Crippen molar-refractivity contribution in [1.82, 2.24) is 20.0 Å². The van der Waals surface area contributed by atoms with E-state index in [0.717, 1.165) is 36.8 Å². The van der Waals surface area contributed by atoms with Gasteiger partial charge in [-0.3, -0.25) is 0 Å². The van der Waals surface area contributed by atoms with Gasteiger partial charge in [-0.15, -0.1) is 11.3 Å². The smallest absolute Gasteiger partial charge is 0.191 e. The summed E-state index contributed by atoms with van der Waals surface area (Å²) in [5.74, 6) is 0.836. The first-order valence-electron chi connectivity index (χ1n) is 8.24. The third-order valence-electron chi connectivity index (χ3n) is 3.73. The molecule has 0 saturated heterocycles. The van der Waals surface area contributed by atoms with Gasteiger partial charge in [-0.1, -0.05) is 12.1 Å². The SMILES string of the molecule is CCNC(=NCc1cn2c(C)cccc2n1)NCCc1cccs1. The Balaban J connectivity index is 1.62. The van der Waals surface area contributed by atoms with E-state index in [1.54, 1.807) is 11.3 Å². The molecule has 3 aromatic heterocycles. The number of fused-ring (bicyclic) bond motifs is 1. The summed E-state index contributed by atoms with van der Waals surface area (Å²) < 4.78 is 2.10. The van der Waals surface area contributed by atoms with Crippen molar-refractivity contribution in [3.63, 3.8) is 0 Å². The van der Waals surface area contributed by atoms with E-state index in [2.05, 4.69) is 68.6 Å². The van der Waals surface area contributed by atoms with Gasteiger partial charge in [-0.2, -0.15) is 0 Å². The Bertz CT molecular complexity index is 804. The molecule has 0 radical (unpaired) electrons. The summed E-state index contributed by atoms with van der Waals surface area (Å²) in [6.07, 6.45) is 3.07. The topological polar surface area (TPSA) is 53.7 Å². The molecule has 0 aliphatic heterocycles. The lowest BCUT2D eigenvalue weighted by molar-refractivity contribution is 0.802. The highest BCUT2D eigenvalue weighted by Gasteiger charge is 2.04. The highest BCUT2D eigenvalue weighted by Crippen LogP contribution is 2.09. The number of guanidine groups is 1. The van der Waals surface area contributed by atoms with Crippen LogP contribution in [0.3, 0.4) is 0 Å². The molecule has 6 heteroatoms.